The molecule has 1 saturated carbocycles. The second-order valence-corrected chi connectivity index (χ2v) is 14.6. The molecule has 1 aliphatic carbocycles. The molecular formula is C32H41FN4O3S. The van der Waals surface area contributed by atoms with Crippen LogP contribution in [-0.2, 0) is 14.6 Å². The first-order valence-corrected chi connectivity index (χ1v) is 17.3. The van der Waals surface area contributed by atoms with E-state index in [-0.39, 0.29) is 10.7 Å². The van der Waals surface area contributed by atoms with Gasteiger partial charge in [0.25, 0.3) is 0 Å². The summed E-state index contributed by atoms with van der Waals surface area (Å²) < 4.78 is 47.2. The van der Waals surface area contributed by atoms with Crippen LogP contribution in [0, 0.1) is 5.82 Å². The Hall–Kier alpha value is -2.33. The van der Waals surface area contributed by atoms with E-state index in [2.05, 4.69) is 20.4 Å². The summed E-state index contributed by atoms with van der Waals surface area (Å²) in [4.78, 5) is 10.4. The number of sulfone groups is 1. The van der Waals surface area contributed by atoms with Crippen LogP contribution in [0.3, 0.4) is 0 Å². The van der Waals surface area contributed by atoms with E-state index in [0.29, 0.717) is 29.6 Å². The summed E-state index contributed by atoms with van der Waals surface area (Å²) in [5.74, 6) is 0.821. The molecule has 2 aromatic carbocycles. The quantitative estimate of drug-likeness (QED) is 0.389. The number of hydrogen-bond acceptors (Lipinski definition) is 6. The standard InChI is InChI=1S/C32H41FN4O3S/c1-41(38,39)28-6-2-23(3-7-28)32-34-31-29(33)20-24(21-30(31)37(32)27-4-5-27)22-8-14-35(15-9-22)25-10-16-36(17-11-25)26-12-18-40-19-13-26/h2-3,6-7,20-22,25-27H,4-5,8-19H2,1H3. The molecule has 3 aliphatic heterocycles. The maximum absolute atomic E-state index is 15.6. The molecule has 0 N–H and O–H groups in total. The van der Waals surface area contributed by atoms with Crippen LogP contribution in [-0.4, -0.2) is 85.5 Å². The molecule has 3 aromatic rings. The first kappa shape index (κ1) is 27.5. The number of nitrogens with zero attached hydrogens (tertiary/aromatic N) is 4. The van der Waals surface area contributed by atoms with Gasteiger partial charge in [0.05, 0.1) is 10.4 Å². The topological polar surface area (TPSA) is 67.7 Å². The van der Waals surface area contributed by atoms with Crippen molar-refractivity contribution < 1.29 is 17.5 Å². The first-order valence-electron chi connectivity index (χ1n) is 15.4. The summed E-state index contributed by atoms with van der Waals surface area (Å²) in [6.07, 6.45) is 10.3. The fourth-order valence-electron chi connectivity index (χ4n) is 7.43. The van der Waals surface area contributed by atoms with Gasteiger partial charge in [-0.25, -0.2) is 17.8 Å². The number of aromatic nitrogens is 2. The third kappa shape index (κ3) is 5.58. The van der Waals surface area contributed by atoms with E-state index in [1.165, 1.54) is 45.0 Å². The third-order valence-corrected chi connectivity index (χ3v) is 11.1. The number of likely N-dealkylation sites (tertiary alicyclic amines) is 2. The molecule has 4 fully saturated rings. The summed E-state index contributed by atoms with van der Waals surface area (Å²) in [7, 11) is -3.28. The fraction of sp³-hybridized carbons (Fsp3) is 0.594. The zero-order valence-electron chi connectivity index (χ0n) is 24.0. The van der Waals surface area contributed by atoms with E-state index < -0.39 is 9.84 Å². The van der Waals surface area contributed by atoms with Gasteiger partial charge in [0.15, 0.2) is 15.7 Å². The van der Waals surface area contributed by atoms with E-state index in [1.807, 2.05) is 0 Å². The van der Waals surface area contributed by atoms with Crippen LogP contribution in [0.25, 0.3) is 22.4 Å². The average Bonchev–Trinajstić information content (AvgIpc) is 3.76. The zero-order chi connectivity index (χ0) is 28.1. The maximum Gasteiger partial charge on any atom is 0.175 e. The molecule has 7 nitrogen and oxygen atoms in total. The van der Waals surface area contributed by atoms with Gasteiger partial charge in [0.2, 0.25) is 0 Å². The van der Waals surface area contributed by atoms with E-state index in [9.17, 15) is 8.42 Å². The van der Waals surface area contributed by atoms with Crippen LogP contribution in [0.1, 0.15) is 68.9 Å². The van der Waals surface area contributed by atoms with E-state index in [0.717, 1.165) is 74.5 Å². The monoisotopic (exact) mass is 580 g/mol. The highest BCUT2D eigenvalue weighted by molar-refractivity contribution is 7.90. The van der Waals surface area contributed by atoms with Crippen LogP contribution in [0.5, 0.6) is 0 Å². The van der Waals surface area contributed by atoms with Gasteiger partial charge in [0, 0.05) is 43.2 Å². The largest absolute Gasteiger partial charge is 0.381 e. The summed E-state index contributed by atoms with van der Waals surface area (Å²) in [6.45, 7) is 6.36. The lowest BCUT2D eigenvalue weighted by molar-refractivity contribution is 0.0105. The minimum absolute atomic E-state index is 0.256. The van der Waals surface area contributed by atoms with E-state index in [1.54, 1.807) is 30.3 Å². The Morgan fingerprint density at radius 2 is 1.41 bits per heavy atom. The molecule has 9 heteroatoms. The molecule has 1 aromatic heterocycles. The number of ether oxygens (including phenoxy) is 1. The summed E-state index contributed by atoms with van der Waals surface area (Å²) in [6, 6.07) is 12.4. The Kier molecular flexibility index (Phi) is 7.42. The van der Waals surface area contributed by atoms with Crippen LogP contribution in [0.4, 0.5) is 4.39 Å². The van der Waals surface area contributed by atoms with Crippen LogP contribution in [0.15, 0.2) is 41.3 Å². The number of benzene rings is 2. The van der Waals surface area contributed by atoms with Crippen LogP contribution < -0.4 is 0 Å². The minimum Gasteiger partial charge on any atom is -0.381 e. The van der Waals surface area contributed by atoms with Crippen molar-refractivity contribution in [2.45, 2.75) is 80.3 Å². The Labute approximate surface area is 242 Å². The zero-order valence-corrected chi connectivity index (χ0v) is 24.8. The summed E-state index contributed by atoms with van der Waals surface area (Å²) >= 11 is 0. The molecule has 0 spiro atoms. The number of imidazole rings is 1. The summed E-state index contributed by atoms with van der Waals surface area (Å²) in [5, 5.41) is 0. The van der Waals surface area contributed by atoms with Gasteiger partial charge in [-0.3, -0.25) is 0 Å². The van der Waals surface area contributed by atoms with Gasteiger partial charge in [-0.05, 0) is 125 Å². The maximum atomic E-state index is 15.6. The van der Waals surface area contributed by atoms with Crippen LogP contribution >= 0.6 is 0 Å². The predicted molar refractivity (Wildman–Crippen MR) is 158 cm³/mol. The molecule has 0 bridgehead atoms. The number of rotatable bonds is 6. The smallest absolute Gasteiger partial charge is 0.175 e. The van der Waals surface area contributed by atoms with Gasteiger partial charge in [0.1, 0.15) is 11.3 Å². The number of fused-ring (bicyclic) bond motifs is 1. The molecule has 41 heavy (non-hydrogen) atoms. The first-order chi connectivity index (χ1) is 19.8. The Morgan fingerprint density at radius 3 is 2.02 bits per heavy atom. The number of piperidine rings is 2. The van der Waals surface area contributed by atoms with Gasteiger partial charge in [-0.1, -0.05) is 0 Å². The highest BCUT2D eigenvalue weighted by Gasteiger charge is 2.33. The fourth-order valence-corrected chi connectivity index (χ4v) is 8.06. The van der Waals surface area contributed by atoms with Gasteiger partial charge >= 0.3 is 0 Å². The number of hydrogen-bond donors (Lipinski definition) is 0. The second-order valence-electron chi connectivity index (χ2n) is 12.6. The molecular weight excluding hydrogens is 539 g/mol. The van der Waals surface area contributed by atoms with E-state index in [4.69, 9.17) is 9.72 Å². The molecule has 3 saturated heterocycles. The highest BCUT2D eigenvalue weighted by atomic mass is 32.2. The predicted octanol–water partition coefficient (Wildman–Crippen LogP) is 5.40. The van der Waals surface area contributed by atoms with Crippen molar-refractivity contribution in [2.75, 3.05) is 45.6 Å². The molecule has 0 unspecified atom stereocenters. The summed E-state index contributed by atoms with van der Waals surface area (Å²) in [5.41, 5.74) is 3.19. The molecule has 0 atom stereocenters. The van der Waals surface area contributed by atoms with Crippen molar-refractivity contribution in [3.63, 3.8) is 0 Å². The van der Waals surface area contributed by atoms with Crippen LogP contribution in [0.2, 0.25) is 0 Å². The van der Waals surface area contributed by atoms with Gasteiger partial charge in [-0.2, -0.15) is 0 Å². The van der Waals surface area contributed by atoms with Crippen molar-refractivity contribution in [1.29, 1.82) is 0 Å². The van der Waals surface area contributed by atoms with Gasteiger partial charge < -0.3 is 19.1 Å². The molecule has 4 heterocycles. The van der Waals surface area contributed by atoms with Crippen molar-refractivity contribution in [2.24, 2.45) is 0 Å². The average molecular weight is 581 g/mol. The highest BCUT2D eigenvalue weighted by Crippen LogP contribution is 2.43. The van der Waals surface area contributed by atoms with Crippen molar-refractivity contribution in [3.8, 4) is 11.4 Å². The van der Waals surface area contributed by atoms with Crippen molar-refractivity contribution in [3.05, 3.63) is 47.8 Å². The Balaban J connectivity index is 1.06. The molecule has 0 radical (unpaired) electrons. The Morgan fingerprint density at radius 1 is 0.805 bits per heavy atom. The normalized spacial score (nSPS) is 23.0. The lowest BCUT2D eigenvalue weighted by Crippen LogP contribution is -2.50. The molecule has 7 rings (SSSR count). The molecule has 4 aliphatic rings. The number of halogens is 1. The second kappa shape index (κ2) is 11.1. The molecule has 220 valence electrons. The SMILES string of the molecule is CS(=O)(=O)c1ccc(-c2nc3c(F)cc(C4CCN(C5CCN(C6CCOCC6)CC5)CC4)cc3n2C2CC2)cc1. The van der Waals surface area contributed by atoms with Crippen molar-refractivity contribution in [1.82, 2.24) is 19.4 Å². The lowest BCUT2D eigenvalue weighted by atomic mass is 9.87. The van der Waals surface area contributed by atoms with E-state index >= 15 is 4.39 Å². The Bertz CT molecular complexity index is 1500. The molecule has 0 amide bonds. The van der Waals surface area contributed by atoms with Gasteiger partial charge in [-0.15, -0.1) is 0 Å². The minimum atomic E-state index is -3.28. The lowest BCUT2D eigenvalue weighted by Gasteiger charge is -2.44. The third-order valence-electron chi connectivity index (χ3n) is 9.95. The van der Waals surface area contributed by atoms with Crippen molar-refractivity contribution >= 4 is 20.9 Å².